The molecule has 0 bridgehead atoms. The third-order valence-corrected chi connectivity index (χ3v) is 4.08. The minimum atomic E-state index is -2.65. The predicted molar refractivity (Wildman–Crippen MR) is 53.7 cm³/mol. The van der Waals surface area contributed by atoms with Gasteiger partial charge in [0.25, 0.3) is 0 Å². The third kappa shape index (κ3) is 3.87. The monoisotopic (exact) mass is 222 g/mol. The van der Waals surface area contributed by atoms with Crippen LogP contribution in [0.1, 0.15) is 0 Å². The van der Waals surface area contributed by atoms with Crippen LogP contribution < -0.4 is 0 Å². The smallest absolute Gasteiger partial charge is 0.374 e. The average Bonchev–Trinajstić information content (AvgIpc) is 2.26. The highest BCUT2D eigenvalue weighted by molar-refractivity contribution is 6.66. The van der Waals surface area contributed by atoms with Gasteiger partial charge in [0.15, 0.2) is 6.29 Å². The zero-order valence-electron chi connectivity index (χ0n) is 9.27. The number of hydrogen-bond acceptors (Lipinski definition) is 5. The van der Waals surface area contributed by atoms with E-state index < -0.39 is 15.1 Å². The minimum absolute atomic E-state index is 0.415. The van der Waals surface area contributed by atoms with Gasteiger partial charge in [0.1, 0.15) is 0 Å². The van der Waals surface area contributed by atoms with Crippen molar-refractivity contribution in [2.24, 2.45) is 0 Å². The van der Waals surface area contributed by atoms with Crippen molar-refractivity contribution < 1.29 is 22.8 Å². The SMILES string of the molecule is COC(C=C[Si](OC)(OC)OC)OC. The van der Waals surface area contributed by atoms with Crippen LogP contribution in [0.5, 0.6) is 0 Å². The third-order valence-electron chi connectivity index (χ3n) is 1.78. The maximum Gasteiger partial charge on any atom is 0.528 e. The Hall–Kier alpha value is -0.243. The number of hydrogen-bond donors (Lipinski definition) is 0. The van der Waals surface area contributed by atoms with Gasteiger partial charge in [0.2, 0.25) is 0 Å². The first-order valence-corrected chi connectivity index (χ1v) is 5.88. The van der Waals surface area contributed by atoms with Crippen molar-refractivity contribution in [3.63, 3.8) is 0 Å². The van der Waals surface area contributed by atoms with E-state index in [4.69, 9.17) is 22.8 Å². The summed E-state index contributed by atoms with van der Waals surface area (Å²) in [6, 6.07) is 0. The normalized spacial score (nSPS) is 13.0. The Morgan fingerprint density at radius 1 is 0.857 bits per heavy atom. The molecule has 0 heterocycles. The lowest BCUT2D eigenvalue weighted by atomic mass is 10.6. The molecule has 14 heavy (non-hydrogen) atoms. The first-order valence-electron chi connectivity index (χ1n) is 4.08. The van der Waals surface area contributed by atoms with Crippen LogP contribution in [-0.2, 0) is 22.8 Å². The van der Waals surface area contributed by atoms with Gasteiger partial charge in [0.05, 0.1) is 0 Å². The maximum atomic E-state index is 5.17. The molecule has 0 amide bonds. The summed E-state index contributed by atoms with van der Waals surface area (Å²) in [7, 11) is 5.07. The van der Waals surface area contributed by atoms with Crippen LogP contribution in [0.3, 0.4) is 0 Å². The number of methoxy groups -OCH3 is 2. The summed E-state index contributed by atoms with van der Waals surface area (Å²) in [5.74, 6) is 0. The molecule has 0 spiro atoms. The van der Waals surface area contributed by atoms with Crippen LogP contribution in [-0.4, -0.2) is 50.6 Å². The Balaban J connectivity index is 4.40. The maximum absolute atomic E-state index is 5.17. The molecule has 0 aromatic carbocycles. The van der Waals surface area contributed by atoms with Crippen LogP contribution >= 0.6 is 0 Å². The quantitative estimate of drug-likeness (QED) is 0.466. The molecular formula is C8H18O5Si. The molecule has 0 aromatic heterocycles. The second-order valence-electron chi connectivity index (χ2n) is 2.41. The van der Waals surface area contributed by atoms with Crippen molar-refractivity contribution in [3.05, 3.63) is 11.8 Å². The largest absolute Gasteiger partial charge is 0.528 e. The van der Waals surface area contributed by atoms with Crippen LogP contribution in [0, 0.1) is 0 Å². The molecule has 84 valence electrons. The minimum Gasteiger partial charge on any atom is -0.374 e. The zero-order valence-corrected chi connectivity index (χ0v) is 10.3. The zero-order chi connectivity index (χ0) is 11.0. The molecule has 6 heteroatoms. The molecular weight excluding hydrogens is 204 g/mol. The Labute approximate surface area is 85.9 Å². The van der Waals surface area contributed by atoms with Gasteiger partial charge < -0.3 is 22.8 Å². The molecule has 0 atom stereocenters. The molecule has 0 saturated heterocycles. The Morgan fingerprint density at radius 2 is 1.29 bits per heavy atom. The molecule has 0 aromatic rings. The highest BCUT2D eigenvalue weighted by Crippen LogP contribution is 2.08. The van der Waals surface area contributed by atoms with Gasteiger partial charge in [-0.2, -0.15) is 0 Å². The summed E-state index contributed by atoms with van der Waals surface area (Å²) < 4.78 is 25.5. The lowest BCUT2D eigenvalue weighted by molar-refractivity contribution is -0.0667. The number of ether oxygens (including phenoxy) is 2. The lowest BCUT2D eigenvalue weighted by Crippen LogP contribution is -2.41. The van der Waals surface area contributed by atoms with E-state index in [9.17, 15) is 0 Å². The van der Waals surface area contributed by atoms with Gasteiger partial charge in [-0.15, -0.1) is 0 Å². The molecule has 0 fully saturated rings. The second-order valence-corrected chi connectivity index (χ2v) is 5.18. The highest BCUT2D eigenvalue weighted by Gasteiger charge is 2.34. The summed E-state index contributed by atoms with van der Waals surface area (Å²) in [5.41, 5.74) is 1.71. The van der Waals surface area contributed by atoms with E-state index in [1.807, 2.05) is 0 Å². The van der Waals surface area contributed by atoms with Crippen molar-refractivity contribution >= 4 is 8.80 Å². The molecule has 0 aliphatic carbocycles. The van der Waals surface area contributed by atoms with E-state index in [2.05, 4.69) is 0 Å². The van der Waals surface area contributed by atoms with Gasteiger partial charge in [-0.3, -0.25) is 0 Å². The molecule has 0 rings (SSSR count). The summed E-state index contributed by atoms with van der Waals surface area (Å²) in [6.07, 6.45) is 1.28. The van der Waals surface area contributed by atoms with E-state index >= 15 is 0 Å². The average molecular weight is 222 g/mol. The Kier molecular flexibility index (Phi) is 6.98. The van der Waals surface area contributed by atoms with Gasteiger partial charge in [-0.1, -0.05) is 0 Å². The molecule has 0 aliphatic heterocycles. The van der Waals surface area contributed by atoms with Crippen molar-refractivity contribution in [3.8, 4) is 0 Å². The van der Waals surface area contributed by atoms with Crippen LogP contribution in [0.2, 0.25) is 0 Å². The van der Waals surface area contributed by atoms with E-state index in [0.29, 0.717) is 0 Å². The number of rotatable bonds is 7. The summed E-state index contributed by atoms with van der Waals surface area (Å²) >= 11 is 0. The van der Waals surface area contributed by atoms with Crippen molar-refractivity contribution in [1.29, 1.82) is 0 Å². The summed E-state index contributed by atoms with van der Waals surface area (Å²) in [5, 5.41) is 0. The van der Waals surface area contributed by atoms with Gasteiger partial charge >= 0.3 is 8.80 Å². The van der Waals surface area contributed by atoms with E-state index in [-0.39, 0.29) is 0 Å². The van der Waals surface area contributed by atoms with Crippen LogP contribution in [0.25, 0.3) is 0 Å². The fraction of sp³-hybridized carbons (Fsp3) is 0.750. The lowest BCUT2D eigenvalue weighted by Gasteiger charge is -2.21. The standard InChI is InChI=1S/C8H18O5Si/c1-9-8(10-2)6-7-14(11-3,12-4)13-5/h6-8H,1-5H3. The highest BCUT2D eigenvalue weighted by atomic mass is 28.4. The van der Waals surface area contributed by atoms with Gasteiger partial charge in [0, 0.05) is 35.5 Å². The van der Waals surface area contributed by atoms with Crippen molar-refractivity contribution in [2.45, 2.75) is 6.29 Å². The summed E-state index contributed by atoms with van der Waals surface area (Å²) in [6.45, 7) is 0. The second kappa shape index (κ2) is 7.10. The fourth-order valence-electron chi connectivity index (χ4n) is 0.904. The first-order chi connectivity index (χ1) is 6.67. The van der Waals surface area contributed by atoms with Gasteiger partial charge in [-0.25, -0.2) is 0 Å². The topological polar surface area (TPSA) is 46.2 Å². The molecule has 0 N–H and O–H groups in total. The molecule has 0 aliphatic rings. The molecule has 0 saturated carbocycles. The van der Waals surface area contributed by atoms with Gasteiger partial charge in [-0.05, 0) is 11.8 Å². The van der Waals surface area contributed by atoms with Crippen LogP contribution in [0.15, 0.2) is 11.8 Å². The Morgan fingerprint density at radius 3 is 1.57 bits per heavy atom. The molecule has 5 nitrogen and oxygen atoms in total. The molecule has 0 radical (unpaired) electrons. The van der Waals surface area contributed by atoms with E-state index in [1.165, 1.54) is 21.3 Å². The fourth-order valence-corrected chi connectivity index (χ4v) is 2.20. The predicted octanol–water partition coefficient (Wildman–Crippen LogP) is 0.579. The van der Waals surface area contributed by atoms with E-state index in [1.54, 1.807) is 26.0 Å². The molecule has 0 unspecified atom stereocenters. The summed E-state index contributed by atoms with van der Waals surface area (Å²) in [4.78, 5) is 0. The van der Waals surface area contributed by atoms with Crippen molar-refractivity contribution in [1.82, 2.24) is 0 Å². The van der Waals surface area contributed by atoms with Crippen molar-refractivity contribution in [2.75, 3.05) is 35.5 Å². The van der Waals surface area contributed by atoms with Crippen LogP contribution in [0.4, 0.5) is 0 Å². The Bertz CT molecular complexity index is 157. The first kappa shape index (κ1) is 13.8. The van der Waals surface area contributed by atoms with E-state index in [0.717, 1.165) is 0 Å².